The summed E-state index contributed by atoms with van der Waals surface area (Å²) >= 11 is 0. The lowest BCUT2D eigenvalue weighted by molar-refractivity contribution is 0.337. The summed E-state index contributed by atoms with van der Waals surface area (Å²) in [4.78, 5) is 0. The molecule has 0 bridgehead atoms. The number of hydrogen-bond donors (Lipinski definition) is 1. The van der Waals surface area contributed by atoms with Gasteiger partial charge >= 0.3 is 0 Å². The van der Waals surface area contributed by atoms with Crippen LogP contribution in [0.2, 0.25) is 0 Å². The molecule has 0 amide bonds. The molecule has 0 aromatic heterocycles. The fourth-order valence-electron chi connectivity index (χ4n) is 3.06. The predicted molar refractivity (Wildman–Crippen MR) is 85.3 cm³/mol. The van der Waals surface area contributed by atoms with Gasteiger partial charge in [-0.25, -0.2) is 0 Å². The zero-order valence-electron chi connectivity index (χ0n) is 13.1. The van der Waals surface area contributed by atoms with Crippen molar-refractivity contribution in [3.63, 3.8) is 0 Å². The van der Waals surface area contributed by atoms with Crippen LogP contribution >= 0.6 is 0 Å². The van der Waals surface area contributed by atoms with E-state index >= 15 is 0 Å². The van der Waals surface area contributed by atoms with Gasteiger partial charge in [0.15, 0.2) is 0 Å². The molecule has 1 aromatic carbocycles. The van der Waals surface area contributed by atoms with E-state index in [9.17, 15) is 0 Å². The van der Waals surface area contributed by atoms with Crippen molar-refractivity contribution in [2.24, 2.45) is 0 Å². The Morgan fingerprint density at radius 2 is 1.80 bits per heavy atom. The van der Waals surface area contributed by atoms with Gasteiger partial charge in [-0.1, -0.05) is 44.2 Å². The Bertz CT molecular complexity index is 394. The summed E-state index contributed by atoms with van der Waals surface area (Å²) in [7, 11) is 0. The Morgan fingerprint density at radius 3 is 2.45 bits per heavy atom. The monoisotopic (exact) mass is 275 g/mol. The van der Waals surface area contributed by atoms with Crippen molar-refractivity contribution in [1.29, 1.82) is 0 Å². The third-order valence-electron chi connectivity index (χ3n) is 4.24. The number of rotatable bonds is 5. The van der Waals surface area contributed by atoms with Crippen molar-refractivity contribution in [2.45, 2.75) is 71.4 Å². The summed E-state index contributed by atoms with van der Waals surface area (Å²) in [5.74, 6) is 1.02. The molecule has 0 radical (unpaired) electrons. The molecule has 2 heteroatoms. The lowest BCUT2D eigenvalue weighted by Crippen LogP contribution is -2.29. The molecule has 1 aliphatic carbocycles. The summed E-state index contributed by atoms with van der Waals surface area (Å²) in [6.45, 7) is 5.88. The second-order valence-electron chi connectivity index (χ2n) is 5.96. The average molecular weight is 275 g/mol. The first-order valence-electron chi connectivity index (χ1n) is 8.25. The maximum absolute atomic E-state index is 5.60. The summed E-state index contributed by atoms with van der Waals surface area (Å²) < 4.78 is 5.60. The van der Waals surface area contributed by atoms with Crippen LogP contribution in [0.3, 0.4) is 0 Å². The van der Waals surface area contributed by atoms with Crippen molar-refractivity contribution in [2.75, 3.05) is 6.61 Å². The molecule has 2 rings (SSSR count). The van der Waals surface area contributed by atoms with Crippen LogP contribution < -0.4 is 10.1 Å². The van der Waals surface area contributed by atoms with Crippen LogP contribution in [0.4, 0.5) is 0 Å². The number of ether oxygens (including phenoxy) is 1. The molecule has 1 fully saturated rings. The standard InChI is InChI=1S/C18H29NO/c1-3-20-18-12-11-16(13-15(18)2)14-19-17-9-7-5-4-6-8-10-17/h11-13,17,19H,3-10,14H2,1-2H3. The van der Waals surface area contributed by atoms with Gasteiger partial charge < -0.3 is 10.1 Å². The van der Waals surface area contributed by atoms with Gasteiger partial charge in [0.25, 0.3) is 0 Å². The van der Waals surface area contributed by atoms with Gasteiger partial charge in [-0.2, -0.15) is 0 Å². The SMILES string of the molecule is CCOc1ccc(CNC2CCCCCCC2)cc1C. The van der Waals surface area contributed by atoms with E-state index in [0.717, 1.165) is 18.9 Å². The summed E-state index contributed by atoms with van der Waals surface area (Å²) in [5.41, 5.74) is 2.61. The first-order chi connectivity index (χ1) is 9.79. The topological polar surface area (TPSA) is 21.3 Å². The molecule has 20 heavy (non-hydrogen) atoms. The van der Waals surface area contributed by atoms with Crippen molar-refractivity contribution >= 4 is 0 Å². The van der Waals surface area contributed by atoms with Crippen LogP contribution in [-0.4, -0.2) is 12.6 Å². The van der Waals surface area contributed by atoms with Gasteiger partial charge in [-0.15, -0.1) is 0 Å². The van der Waals surface area contributed by atoms with Crippen LogP contribution in [0, 0.1) is 6.92 Å². The number of benzene rings is 1. The molecule has 0 saturated heterocycles. The molecule has 112 valence electrons. The highest BCUT2D eigenvalue weighted by atomic mass is 16.5. The van der Waals surface area contributed by atoms with E-state index in [1.165, 1.54) is 56.1 Å². The molecule has 2 nitrogen and oxygen atoms in total. The van der Waals surface area contributed by atoms with Gasteiger partial charge in [-0.05, 0) is 43.9 Å². The van der Waals surface area contributed by atoms with E-state index in [1.54, 1.807) is 0 Å². The highest BCUT2D eigenvalue weighted by molar-refractivity contribution is 5.36. The molecule has 0 unspecified atom stereocenters. The van der Waals surface area contributed by atoms with Crippen LogP contribution in [0.1, 0.15) is 63.0 Å². The van der Waals surface area contributed by atoms with E-state index in [2.05, 4.69) is 30.4 Å². The summed E-state index contributed by atoms with van der Waals surface area (Å²) in [6, 6.07) is 7.25. The van der Waals surface area contributed by atoms with Gasteiger partial charge in [0.1, 0.15) is 5.75 Å². The van der Waals surface area contributed by atoms with E-state index in [-0.39, 0.29) is 0 Å². The smallest absolute Gasteiger partial charge is 0.122 e. The predicted octanol–water partition coefficient (Wildman–Crippen LogP) is 4.60. The minimum absolute atomic E-state index is 0.710. The normalized spacial score (nSPS) is 17.5. The molecule has 1 aromatic rings. The molecule has 0 heterocycles. The molecule has 0 atom stereocenters. The van der Waals surface area contributed by atoms with E-state index in [1.807, 2.05) is 6.92 Å². The number of nitrogens with one attached hydrogen (secondary N) is 1. The highest BCUT2D eigenvalue weighted by Gasteiger charge is 2.10. The summed E-state index contributed by atoms with van der Waals surface area (Å²) in [6.07, 6.45) is 9.73. The molecular formula is C18H29NO. The van der Waals surface area contributed by atoms with E-state index < -0.39 is 0 Å². The second kappa shape index (κ2) is 8.31. The van der Waals surface area contributed by atoms with Gasteiger partial charge in [0.2, 0.25) is 0 Å². The van der Waals surface area contributed by atoms with Crippen LogP contribution in [-0.2, 0) is 6.54 Å². The fraction of sp³-hybridized carbons (Fsp3) is 0.667. The van der Waals surface area contributed by atoms with Crippen molar-refractivity contribution in [3.8, 4) is 5.75 Å². The molecule has 1 N–H and O–H groups in total. The third kappa shape index (κ3) is 4.82. The minimum Gasteiger partial charge on any atom is -0.494 e. The highest BCUT2D eigenvalue weighted by Crippen LogP contribution is 2.20. The Hall–Kier alpha value is -1.02. The Labute approximate surface area is 123 Å². The maximum Gasteiger partial charge on any atom is 0.122 e. The van der Waals surface area contributed by atoms with Crippen LogP contribution in [0.15, 0.2) is 18.2 Å². The van der Waals surface area contributed by atoms with Gasteiger partial charge in [0.05, 0.1) is 6.61 Å². The van der Waals surface area contributed by atoms with Crippen LogP contribution in [0.25, 0.3) is 0 Å². The molecule has 1 saturated carbocycles. The van der Waals surface area contributed by atoms with Crippen molar-refractivity contribution < 1.29 is 4.74 Å². The lowest BCUT2D eigenvalue weighted by Gasteiger charge is -2.21. The molecule has 1 aliphatic rings. The van der Waals surface area contributed by atoms with Gasteiger partial charge in [-0.3, -0.25) is 0 Å². The minimum atomic E-state index is 0.710. The quantitative estimate of drug-likeness (QED) is 0.848. The Kier molecular flexibility index (Phi) is 6.38. The van der Waals surface area contributed by atoms with Gasteiger partial charge in [0, 0.05) is 12.6 Å². The Morgan fingerprint density at radius 1 is 1.10 bits per heavy atom. The first-order valence-corrected chi connectivity index (χ1v) is 8.25. The molecule has 0 spiro atoms. The Balaban J connectivity index is 1.84. The largest absolute Gasteiger partial charge is 0.494 e. The molecular weight excluding hydrogens is 246 g/mol. The van der Waals surface area contributed by atoms with Crippen molar-refractivity contribution in [3.05, 3.63) is 29.3 Å². The second-order valence-corrected chi connectivity index (χ2v) is 5.96. The zero-order chi connectivity index (χ0) is 14.2. The summed E-state index contributed by atoms with van der Waals surface area (Å²) in [5, 5.41) is 3.74. The average Bonchev–Trinajstić information content (AvgIpc) is 2.40. The number of aryl methyl sites for hydroxylation is 1. The fourth-order valence-corrected chi connectivity index (χ4v) is 3.06. The van der Waals surface area contributed by atoms with Crippen LogP contribution in [0.5, 0.6) is 5.75 Å². The maximum atomic E-state index is 5.60. The third-order valence-corrected chi connectivity index (χ3v) is 4.24. The number of hydrogen-bond acceptors (Lipinski definition) is 2. The first kappa shape index (κ1) is 15.4. The zero-order valence-corrected chi connectivity index (χ0v) is 13.1. The molecule has 0 aliphatic heterocycles. The lowest BCUT2D eigenvalue weighted by atomic mass is 9.96. The van der Waals surface area contributed by atoms with E-state index in [4.69, 9.17) is 4.74 Å². The van der Waals surface area contributed by atoms with E-state index in [0.29, 0.717) is 6.04 Å². The van der Waals surface area contributed by atoms with Crippen molar-refractivity contribution in [1.82, 2.24) is 5.32 Å².